The highest BCUT2D eigenvalue weighted by Crippen LogP contribution is 2.33. The van der Waals surface area contributed by atoms with Crippen LogP contribution in [-0.4, -0.2) is 0 Å². The van der Waals surface area contributed by atoms with Crippen LogP contribution in [-0.2, 0) is 12.0 Å². The Hall–Kier alpha value is -1.34. The maximum absolute atomic E-state index is 5.88. The van der Waals surface area contributed by atoms with Crippen LogP contribution in [0.5, 0.6) is 0 Å². The highest BCUT2D eigenvalue weighted by molar-refractivity contribution is 5.88. The number of hydrogen-bond acceptors (Lipinski definition) is 1. The summed E-state index contributed by atoms with van der Waals surface area (Å²) in [5, 5.41) is 2.65. The quantitative estimate of drug-likeness (QED) is 0.785. The molecule has 0 spiro atoms. The third kappa shape index (κ3) is 2.20. The average Bonchev–Trinajstić information content (AvgIpc) is 2.25. The van der Waals surface area contributed by atoms with Gasteiger partial charge in [-0.2, -0.15) is 0 Å². The van der Waals surface area contributed by atoms with E-state index in [1.807, 2.05) is 0 Å². The van der Waals surface area contributed by atoms with Gasteiger partial charge in [-0.1, -0.05) is 56.7 Å². The largest absolute Gasteiger partial charge is 0.326 e. The van der Waals surface area contributed by atoms with Gasteiger partial charge in [-0.05, 0) is 34.2 Å². The van der Waals surface area contributed by atoms with E-state index < -0.39 is 0 Å². The fourth-order valence-electron chi connectivity index (χ4n) is 2.53. The first-order chi connectivity index (χ1) is 7.93. The Balaban J connectivity index is 2.87. The van der Waals surface area contributed by atoms with E-state index in [4.69, 9.17) is 5.73 Å². The van der Waals surface area contributed by atoms with Crippen LogP contribution < -0.4 is 5.73 Å². The zero-order valence-corrected chi connectivity index (χ0v) is 11.2. The average molecular weight is 227 g/mol. The minimum absolute atomic E-state index is 0.127. The van der Waals surface area contributed by atoms with Gasteiger partial charge in [0.15, 0.2) is 0 Å². The standard InChI is InChI=1S/C16H21N/c1-11-5-6-12-7-8-13(10-17)15(14(12)9-11)16(2,3)4/h5-9H,10,17H2,1-4H3. The zero-order chi connectivity index (χ0) is 12.6. The summed E-state index contributed by atoms with van der Waals surface area (Å²) >= 11 is 0. The second-order valence-electron chi connectivity index (χ2n) is 5.78. The lowest BCUT2D eigenvalue weighted by Crippen LogP contribution is -2.16. The molecule has 0 atom stereocenters. The Morgan fingerprint density at radius 1 is 1.06 bits per heavy atom. The number of hydrogen-bond donors (Lipinski definition) is 1. The van der Waals surface area contributed by atoms with E-state index in [0.717, 1.165) is 0 Å². The van der Waals surface area contributed by atoms with Crippen LogP contribution in [0.2, 0.25) is 0 Å². The van der Waals surface area contributed by atoms with Crippen molar-refractivity contribution < 1.29 is 0 Å². The number of fused-ring (bicyclic) bond motifs is 1. The van der Waals surface area contributed by atoms with Gasteiger partial charge in [-0.25, -0.2) is 0 Å². The van der Waals surface area contributed by atoms with Crippen LogP contribution >= 0.6 is 0 Å². The molecule has 2 N–H and O–H groups in total. The summed E-state index contributed by atoms with van der Waals surface area (Å²) in [5.74, 6) is 0. The first kappa shape index (κ1) is 12.1. The van der Waals surface area contributed by atoms with Crippen molar-refractivity contribution in [2.24, 2.45) is 5.73 Å². The van der Waals surface area contributed by atoms with Gasteiger partial charge in [0, 0.05) is 6.54 Å². The van der Waals surface area contributed by atoms with E-state index in [0.29, 0.717) is 6.54 Å². The monoisotopic (exact) mass is 227 g/mol. The maximum Gasteiger partial charge on any atom is 0.0181 e. The molecule has 0 heterocycles. The van der Waals surface area contributed by atoms with Crippen LogP contribution in [0.3, 0.4) is 0 Å². The highest BCUT2D eigenvalue weighted by Gasteiger charge is 2.20. The normalized spacial score (nSPS) is 12.1. The third-order valence-electron chi connectivity index (χ3n) is 3.23. The lowest BCUT2D eigenvalue weighted by molar-refractivity contribution is 0.588. The summed E-state index contributed by atoms with van der Waals surface area (Å²) in [6.45, 7) is 9.51. The summed E-state index contributed by atoms with van der Waals surface area (Å²) in [4.78, 5) is 0. The van der Waals surface area contributed by atoms with Crippen molar-refractivity contribution in [3.05, 3.63) is 47.0 Å². The summed E-state index contributed by atoms with van der Waals surface area (Å²) in [6, 6.07) is 11.0. The van der Waals surface area contributed by atoms with E-state index >= 15 is 0 Å². The van der Waals surface area contributed by atoms with Crippen molar-refractivity contribution in [2.45, 2.75) is 39.7 Å². The van der Waals surface area contributed by atoms with Crippen molar-refractivity contribution in [3.63, 3.8) is 0 Å². The Morgan fingerprint density at radius 3 is 2.29 bits per heavy atom. The van der Waals surface area contributed by atoms with Gasteiger partial charge in [-0.15, -0.1) is 0 Å². The molecular weight excluding hydrogens is 206 g/mol. The van der Waals surface area contributed by atoms with Gasteiger partial charge in [0.1, 0.15) is 0 Å². The Morgan fingerprint density at radius 2 is 1.71 bits per heavy atom. The van der Waals surface area contributed by atoms with Crippen molar-refractivity contribution in [2.75, 3.05) is 0 Å². The second-order valence-corrected chi connectivity index (χ2v) is 5.78. The molecule has 0 aromatic heterocycles. The minimum Gasteiger partial charge on any atom is -0.326 e. The fraction of sp³-hybridized carbons (Fsp3) is 0.375. The fourth-order valence-corrected chi connectivity index (χ4v) is 2.53. The molecule has 1 nitrogen and oxygen atoms in total. The van der Waals surface area contributed by atoms with E-state index in [-0.39, 0.29) is 5.41 Å². The summed E-state index contributed by atoms with van der Waals surface area (Å²) in [7, 11) is 0. The van der Waals surface area contributed by atoms with Crippen molar-refractivity contribution >= 4 is 10.8 Å². The molecule has 0 fully saturated rings. The van der Waals surface area contributed by atoms with Gasteiger partial charge in [0.25, 0.3) is 0 Å². The zero-order valence-electron chi connectivity index (χ0n) is 11.2. The van der Waals surface area contributed by atoms with E-state index in [1.165, 1.54) is 27.5 Å². The Kier molecular flexibility index (Phi) is 2.96. The van der Waals surface area contributed by atoms with E-state index in [1.54, 1.807) is 0 Å². The molecule has 0 aliphatic rings. The van der Waals surface area contributed by atoms with Crippen molar-refractivity contribution in [1.82, 2.24) is 0 Å². The third-order valence-corrected chi connectivity index (χ3v) is 3.23. The van der Waals surface area contributed by atoms with Crippen LogP contribution in [0, 0.1) is 6.92 Å². The van der Waals surface area contributed by atoms with Crippen molar-refractivity contribution in [1.29, 1.82) is 0 Å². The van der Waals surface area contributed by atoms with Gasteiger partial charge < -0.3 is 5.73 Å². The summed E-state index contributed by atoms with van der Waals surface area (Å²) in [5.41, 5.74) is 9.96. The number of nitrogens with two attached hydrogens (primary N) is 1. The molecule has 2 rings (SSSR count). The Labute approximate surface area is 104 Å². The molecule has 0 radical (unpaired) electrons. The molecule has 0 aliphatic carbocycles. The second kappa shape index (κ2) is 4.15. The van der Waals surface area contributed by atoms with Crippen LogP contribution in [0.1, 0.15) is 37.5 Å². The van der Waals surface area contributed by atoms with E-state index in [2.05, 4.69) is 58.0 Å². The predicted molar refractivity (Wildman–Crippen MR) is 75.3 cm³/mol. The number of benzene rings is 2. The lowest BCUT2D eigenvalue weighted by atomic mass is 9.80. The van der Waals surface area contributed by atoms with Gasteiger partial charge in [0.05, 0.1) is 0 Å². The predicted octanol–water partition coefficient (Wildman–Crippen LogP) is 3.90. The van der Waals surface area contributed by atoms with Gasteiger partial charge in [0.2, 0.25) is 0 Å². The SMILES string of the molecule is Cc1ccc2ccc(CN)c(C(C)(C)C)c2c1. The molecule has 0 amide bonds. The first-order valence-corrected chi connectivity index (χ1v) is 6.16. The minimum atomic E-state index is 0.127. The molecule has 2 aromatic rings. The molecule has 2 aromatic carbocycles. The molecule has 0 saturated heterocycles. The lowest BCUT2D eigenvalue weighted by Gasteiger charge is -2.25. The molecule has 0 aliphatic heterocycles. The molecule has 1 heteroatoms. The summed E-state index contributed by atoms with van der Waals surface area (Å²) in [6.07, 6.45) is 0. The molecule has 17 heavy (non-hydrogen) atoms. The summed E-state index contributed by atoms with van der Waals surface area (Å²) < 4.78 is 0. The number of aryl methyl sites for hydroxylation is 1. The first-order valence-electron chi connectivity index (χ1n) is 6.16. The number of rotatable bonds is 1. The molecule has 0 saturated carbocycles. The topological polar surface area (TPSA) is 26.0 Å². The molecule has 0 unspecified atom stereocenters. The highest BCUT2D eigenvalue weighted by atomic mass is 14.5. The van der Waals surface area contributed by atoms with Gasteiger partial charge in [-0.3, -0.25) is 0 Å². The maximum atomic E-state index is 5.88. The van der Waals surface area contributed by atoms with Crippen molar-refractivity contribution in [3.8, 4) is 0 Å². The van der Waals surface area contributed by atoms with Crippen LogP contribution in [0.25, 0.3) is 10.8 Å². The van der Waals surface area contributed by atoms with E-state index in [9.17, 15) is 0 Å². The Bertz CT molecular complexity index is 547. The molecular formula is C16H21N. The van der Waals surface area contributed by atoms with Crippen LogP contribution in [0.15, 0.2) is 30.3 Å². The smallest absolute Gasteiger partial charge is 0.0181 e. The van der Waals surface area contributed by atoms with Gasteiger partial charge >= 0.3 is 0 Å². The van der Waals surface area contributed by atoms with Crippen LogP contribution in [0.4, 0.5) is 0 Å². The molecule has 0 bridgehead atoms. The molecule has 90 valence electrons.